The molecule has 4 nitrogen and oxygen atoms in total. The van der Waals surface area contributed by atoms with Gasteiger partial charge in [-0.2, -0.15) is 8.42 Å². The molecule has 0 unspecified atom stereocenters. The van der Waals surface area contributed by atoms with Crippen LogP contribution in [0.3, 0.4) is 0 Å². The molecule has 0 amide bonds. The SMILES string of the molecule is CCc1ccc(N(C)S(=O)(=O)c2ncccc2F)cc1. The van der Waals surface area contributed by atoms with Gasteiger partial charge < -0.3 is 0 Å². The summed E-state index contributed by atoms with van der Waals surface area (Å²) >= 11 is 0. The molecule has 20 heavy (non-hydrogen) atoms. The number of nitrogens with zero attached hydrogens (tertiary/aromatic N) is 2. The Morgan fingerprint density at radius 2 is 1.85 bits per heavy atom. The molecule has 2 aromatic rings. The van der Waals surface area contributed by atoms with Gasteiger partial charge in [-0.05, 0) is 36.2 Å². The lowest BCUT2D eigenvalue weighted by atomic mass is 10.1. The van der Waals surface area contributed by atoms with Crippen LogP contribution in [0, 0.1) is 5.82 Å². The van der Waals surface area contributed by atoms with Gasteiger partial charge >= 0.3 is 0 Å². The fourth-order valence-electron chi connectivity index (χ4n) is 1.77. The predicted octanol–water partition coefficient (Wildman–Crippen LogP) is 2.61. The Labute approximate surface area is 117 Å². The molecule has 0 aliphatic carbocycles. The van der Waals surface area contributed by atoms with Crippen molar-refractivity contribution >= 4 is 15.7 Å². The number of benzene rings is 1. The minimum atomic E-state index is -4.00. The van der Waals surface area contributed by atoms with Crippen LogP contribution in [0.1, 0.15) is 12.5 Å². The molecule has 0 saturated carbocycles. The summed E-state index contributed by atoms with van der Waals surface area (Å²) in [6.45, 7) is 2.01. The average Bonchev–Trinajstić information content (AvgIpc) is 2.47. The maximum Gasteiger partial charge on any atom is 0.284 e. The fourth-order valence-corrected chi connectivity index (χ4v) is 2.94. The van der Waals surface area contributed by atoms with E-state index >= 15 is 0 Å². The van der Waals surface area contributed by atoms with Gasteiger partial charge in [-0.25, -0.2) is 9.37 Å². The number of halogens is 1. The van der Waals surface area contributed by atoms with Gasteiger partial charge in [0.15, 0.2) is 5.82 Å². The van der Waals surface area contributed by atoms with E-state index in [9.17, 15) is 12.8 Å². The third-order valence-electron chi connectivity index (χ3n) is 3.04. The molecule has 6 heteroatoms. The maximum atomic E-state index is 13.6. The number of pyridine rings is 1. The molecule has 0 saturated heterocycles. The molecule has 2 rings (SSSR count). The first-order chi connectivity index (χ1) is 9.46. The Kier molecular flexibility index (Phi) is 4.04. The summed E-state index contributed by atoms with van der Waals surface area (Å²) in [6, 6.07) is 9.50. The van der Waals surface area contributed by atoms with Gasteiger partial charge in [0.2, 0.25) is 5.03 Å². The first-order valence-corrected chi connectivity index (χ1v) is 7.59. The zero-order valence-electron chi connectivity index (χ0n) is 11.2. The minimum Gasteiger partial charge on any atom is -0.268 e. The normalized spacial score (nSPS) is 11.3. The molecule has 1 aromatic carbocycles. The maximum absolute atomic E-state index is 13.6. The van der Waals surface area contributed by atoms with Crippen molar-refractivity contribution in [2.24, 2.45) is 0 Å². The Balaban J connectivity index is 2.41. The number of aromatic nitrogens is 1. The lowest BCUT2D eigenvalue weighted by molar-refractivity contribution is 0.552. The Morgan fingerprint density at radius 1 is 1.20 bits per heavy atom. The lowest BCUT2D eigenvalue weighted by Gasteiger charge is -2.19. The van der Waals surface area contributed by atoms with E-state index in [-0.39, 0.29) is 0 Å². The number of hydrogen-bond acceptors (Lipinski definition) is 3. The van der Waals surface area contributed by atoms with Crippen molar-refractivity contribution in [3.05, 3.63) is 54.0 Å². The van der Waals surface area contributed by atoms with Crippen molar-refractivity contribution in [1.82, 2.24) is 4.98 Å². The lowest BCUT2D eigenvalue weighted by Crippen LogP contribution is -2.28. The van der Waals surface area contributed by atoms with E-state index in [0.29, 0.717) is 5.69 Å². The van der Waals surface area contributed by atoms with E-state index in [1.807, 2.05) is 19.1 Å². The molecule has 1 heterocycles. The molecular weight excluding hydrogens is 279 g/mol. The van der Waals surface area contributed by atoms with Gasteiger partial charge in [0.1, 0.15) is 0 Å². The van der Waals surface area contributed by atoms with Crippen LogP contribution in [-0.4, -0.2) is 20.4 Å². The highest BCUT2D eigenvalue weighted by atomic mass is 32.2. The van der Waals surface area contributed by atoms with E-state index in [1.54, 1.807) is 12.1 Å². The number of anilines is 1. The smallest absolute Gasteiger partial charge is 0.268 e. The molecule has 1 aromatic heterocycles. The van der Waals surface area contributed by atoms with Crippen LogP contribution in [0.25, 0.3) is 0 Å². The highest BCUT2D eigenvalue weighted by molar-refractivity contribution is 7.92. The molecule has 0 atom stereocenters. The summed E-state index contributed by atoms with van der Waals surface area (Å²) in [4.78, 5) is 3.63. The standard InChI is InChI=1S/C14H15FN2O2S/c1-3-11-6-8-12(9-7-11)17(2)20(18,19)14-13(15)5-4-10-16-14/h4-10H,3H2,1-2H3. The molecule has 0 fully saturated rings. The Morgan fingerprint density at radius 3 is 2.40 bits per heavy atom. The van der Waals surface area contributed by atoms with Crippen molar-refractivity contribution in [1.29, 1.82) is 0 Å². The van der Waals surface area contributed by atoms with Gasteiger partial charge in [-0.15, -0.1) is 0 Å². The monoisotopic (exact) mass is 294 g/mol. The summed E-state index contributed by atoms with van der Waals surface area (Å²) < 4.78 is 39.3. The fraction of sp³-hybridized carbons (Fsp3) is 0.214. The van der Waals surface area contributed by atoms with E-state index in [4.69, 9.17) is 0 Å². The third-order valence-corrected chi connectivity index (χ3v) is 4.76. The quantitative estimate of drug-likeness (QED) is 0.871. The highest BCUT2D eigenvalue weighted by Crippen LogP contribution is 2.22. The van der Waals surface area contributed by atoms with Crippen molar-refractivity contribution < 1.29 is 12.8 Å². The summed E-state index contributed by atoms with van der Waals surface area (Å²) in [5.74, 6) is -0.857. The Bertz CT molecular complexity index is 699. The second-order valence-electron chi connectivity index (χ2n) is 4.28. The van der Waals surface area contributed by atoms with Crippen LogP contribution in [-0.2, 0) is 16.4 Å². The number of aryl methyl sites for hydroxylation is 1. The summed E-state index contributed by atoms with van der Waals surface area (Å²) in [5.41, 5.74) is 1.57. The molecule has 0 bridgehead atoms. The zero-order valence-corrected chi connectivity index (χ0v) is 12.1. The second-order valence-corrected chi connectivity index (χ2v) is 6.17. The van der Waals surface area contributed by atoms with Crippen molar-refractivity contribution in [2.75, 3.05) is 11.4 Å². The van der Waals surface area contributed by atoms with E-state index < -0.39 is 20.9 Å². The van der Waals surface area contributed by atoms with Crippen LogP contribution in [0.2, 0.25) is 0 Å². The first-order valence-electron chi connectivity index (χ1n) is 6.15. The first kappa shape index (κ1) is 14.5. The molecule has 0 N–H and O–H groups in total. The molecule has 0 spiro atoms. The van der Waals surface area contributed by atoms with Gasteiger partial charge in [0.05, 0.1) is 5.69 Å². The van der Waals surface area contributed by atoms with Gasteiger partial charge in [-0.3, -0.25) is 4.31 Å². The van der Waals surface area contributed by atoms with Gasteiger partial charge in [0, 0.05) is 13.2 Å². The van der Waals surface area contributed by atoms with Crippen molar-refractivity contribution in [2.45, 2.75) is 18.4 Å². The molecular formula is C14H15FN2O2S. The van der Waals surface area contributed by atoms with Crippen molar-refractivity contribution in [3.63, 3.8) is 0 Å². The third kappa shape index (κ3) is 2.65. The van der Waals surface area contributed by atoms with E-state index in [0.717, 1.165) is 22.4 Å². The summed E-state index contributed by atoms with van der Waals surface area (Å²) in [6.07, 6.45) is 2.12. The number of rotatable bonds is 4. The van der Waals surface area contributed by atoms with E-state index in [1.165, 1.54) is 19.3 Å². The van der Waals surface area contributed by atoms with Crippen LogP contribution >= 0.6 is 0 Å². The van der Waals surface area contributed by atoms with Crippen LogP contribution in [0.15, 0.2) is 47.6 Å². The number of hydrogen-bond donors (Lipinski definition) is 0. The van der Waals surface area contributed by atoms with Crippen LogP contribution in [0.5, 0.6) is 0 Å². The largest absolute Gasteiger partial charge is 0.284 e. The molecule has 0 aliphatic heterocycles. The zero-order chi connectivity index (χ0) is 14.8. The van der Waals surface area contributed by atoms with Crippen molar-refractivity contribution in [3.8, 4) is 0 Å². The Hall–Kier alpha value is -1.95. The highest BCUT2D eigenvalue weighted by Gasteiger charge is 2.26. The molecule has 0 aliphatic rings. The van der Waals surface area contributed by atoms with Gasteiger partial charge in [0.25, 0.3) is 10.0 Å². The van der Waals surface area contributed by atoms with Crippen LogP contribution in [0.4, 0.5) is 10.1 Å². The molecule has 0 radical (unpaired) electrons. The van der Waals surface area contributed by atoms with Gasteiger partial charge in [-0.1, -0.05) is 19.1 Å². The summed E-state index contributed by atoms with van der Waals surface area (Å²) in [7, 11) is -2.62. The topological polar surface area (TPSA) is 50.3 Å². The molecule has 106 valence electrons. The predicted molar refractivity (Wildman–Crippen MR) is 75.6 cm³/mol. The summed E-state index contributed by atoms with van der Waals surface area (Å²) in [5, 5.41) is -0.568. The average molecular weight is 294 g/mol. The minimum absolute atomic E-state index is 0.465. The van der Waals surface area contributed by atoms with E-state index in [2.05, 4.69) is 4.98 Å². The number of sulfonamides is 1. The van der Waals surface area contributed by atoms with Crippen LogP contribution < -0.4 is 4.31 Å². The second kappa shape index (κ2) is 5.58.